The molecule has 3 heterocycles. The summed E-state index contributed by atoms with van der Waals surface area (Å²) in [5.74, 6) is 0.714. The number of hydrogen-bond donors (Lipinski definition) is 0. The van der Waals surface area contributed by atoms with Crippen LogP contribution in [0.1, 0.15) is 35.1 Å². The highest BCUT2D eigenvalue weighted by molar-refractivity contribution is 6.11. The maximum atomic E-state index is 5.26. The molecule has 2 aliphatic carbocycles. The maximum absolute atomic E-state index is 5.26. The first kappa shape index (κ1) is 36.6. The van der Waals surface area contributed by atoms with Gasteiger partial charge < -0.3 is 9.47 Å². The topological polar surface area (TPSA) is 34.0 Å². The molecule has 3 aliphatic rings. The van der Waals surface area contributed by atoms with Crippen molar-refractivity contribution in [2.75, 3.05) is 4.90 Å². The Balaban J connectivity index is 0.838. The van der Waals surface area contributed by atoms with Gasteiger partial charge in [-0.1, -0.05) is 133 Å². The number of benzene rings is 8. The van der Waals surface area contributed by atoms with Crippen LogP contribution in [0.25, 0.3) is 89.4 Å². The summed E-state index contributed by atoms with van der Waals surface area (Å²) < 4.78 is 2.39. The number of nitrogens with zero attached hydrogens (tertiary/aromatic N) is 4. The molecule has 0 saturated heterocycles. The molecule has 8 aromatic carbocycles. The van der Waals surface area contributed by atoms with Gasteiger partial charge in [0.2, 0.25) is 0 Å². The summed E-state index contributed by atoms with van der Waals surface area (Å²) in [6, 6.07) is 68.5. The SMILES string of the molecule is C1=Cc2cc(-c3ccc(-c4nc(-c5ccc(-n6c7ccccc7c7cc(C8=CCC9C(=C8)c8ccccc8N9c8ccccc8)ccc76)cc5)nc5ccccc45)cc3)ccc2CC1. The van der Waals surface area contributed by atoms with E-state index in [0.717, 1.165) is 52.7 Å². The summed E-state index contributed by atoms with van der Waals surface area (Å²) in [5.41, 5.74) is 20.3. The zero-order valence-electron chi connectivity index (χ0n) is 35.2. The van der Waals surface area contributed by atoms with E-state index < -0.39 is 0 Å². The van der Waals surface area contributed by atoms with Crippen molar-refractivity contribution >= 4 is 61.3 Å². The third-order valence-electron chi connectivity index (χ3n) is 13.6. The molecule has 0 fully saturated rings. The molecule has 302 valence electrons. The van der Waals surface area contributed by atoms with E-state index in [0.29, 0.717) is 5.82 Å². The molecule has 0 amide bonds. The fourth-order valence-electron chi connectivity index (χ4n) is 10.4. The van der Waals surface area contributed by atoms with Crippen molar-refractivity contribution in [3.63, 3.8) is 0 Å². The Morgan fingerprint density at radius 1 is 0.516 bits per heavy atom. The van der Waals surface area contributed by atoms with Gasteiger partial charge in [0.05, 0.1) is 28.3 Å². The van der Waals surface area contributed by atoms with Gasteiger partial charge in [-0.15, -0.1) is 0 Å². The highest BCUT2D eigenvalue weighted by Gasteiger charge is 2.35. The van der Waals surface area contributed by atoms with Crippen molar-refractivity contribution in [1.29, 1.82) is 0 Å². The second-order valence-corrected chi connectivity index (χ2v) is 17.2. The van der Waals surface area contributed by atoms with Crippen LogP contribution >= 0.6 is 0 Å². The Morgan fingerprint density at radius 2 is 1.23 bits per heavy atom. The van der Waals surface area contributed by atoms with E-state index in [9.17, 15) is 0 Å². The van der Waals surface area contributed by atoms with Crippen LogP contribution < -0.4 is 4.90 Å². The molecule has 1 aliphatic heterocycles. The van der Waals surface area contributed by atoms with Crippen molar-refractivity contribution < 1.29 is 0 Å². The van der Waals surface area contributed by atoms with E-state index in [4.69, 9.17) is 9.97 Å². The predicted octanol–water partition coefficient (Wildman–Crippen LogP) is 15.1. The largest absolute Gasteiger partial charge is 0.333 e. The second-order valence-electron chi connectivity index (χ2n) is 17.2. The van der Waals surface area contributed by atoms with Crippen LogP contribution in [-0.2, 0) is 6.42 Å². The molecule has 1 atom stereocenters. The molecule has 4 heteroatoms. The average Bonchev–Trinajstić information content (AvgIpc) is 3.88. The van der Waals surface area contributed by atoms with Crippen LogP contribution in [0.5, 0.6) is 0 Å². The number of fused-ring (bicyclic) bond motifs is 8. The number of hydrogen-bond acceptors (Lipinski definition) is 3. The van der Waals surface area contributed by atoms with E-state index in [1.54, 1.807) is 0 Å². The Bertz CT molecular complexity index is 3570. The van der Waals surface area contributed by atoms with Gasteiger partial charge in [0.1, 0.15) is 0 Å². The summed E-state index contributed by atoms with van der Waals surface area (Å²) >= 11 is 0. The number of para-hydroxylation sites is 4. The normalized spacial score (nSPS) is 15.2. The van der Waals surface area contributed by atoms with Gasteiger partial charge in [-0.05, 0) is 137 Å². The van der Waals surface area contributed by atoms with Crippen LogP contribution in [0.15, 0.2) is 206 Å². The lowest BCUT2D eigenvalue weighted by Gasteiger charge is -2.29. The van der Waals surface area contributed by atoms with Crippen LogP contribution in [0.3, 0.4) is 0 Å². The lowest BCUT2D eigenvalue weighted by atomic mass is 9.89. The van der Waals surface area contributed by atoms with Crippen molar-refractivity contribution in [3.8, 4) is 39.5 Å². The number of anilines is 2. The van der Waals surface area contributed by atoms with Gasteiger partial charge >= 0.3 is 0 Å². The zero-order chi connectivity index (χ0) is 42.1. The number of allylic oxidation sites excluding steroid dienone is 3. The van der Waals surface area contributed by atoms with Crippen molar-refractivity contribution in [1.82, 2.24) is 14.5 Å². The van der Waals surface area contributed by atoms with E-state index in [1.165, 1.54) is 77.7 Å². The van der Waals surface area contributed by atoms with Gasteiger partial charge in [-0.2, -0.15) is 0 Å². The van der Waals surface area contributed by atoms with E-state index in [1.807, 2.05) is 0 Å². The molecule has 10 aromatic rings. The second kappa shape index (κ2) is 14.8. The van der Waals surface area contributed by atoms with Crippen molar-refractivity contribution in [3.05, 3.63) is 229 Å². The van der Waals surface area contributed by atoms with Gasteiger partial charge in [-0.25, -0.2) is 9.97 Å². The number of rotatable bonds is 6. The summed E-state index contributed by atoms with van der Waals surface area (Å²) in [7, 11) is 0. The van der Waals surface area contributed by atoms with Crippen LogP contribution in [0.2, 0.25) is 0 Å². The first-order valence-corrected chi connectivity index (χ1v) is 22.4. The fourth-order valence-corrected chi connectivity index (χ4v) is 10.4. The zero-order valence-corrected chi connectivity index (χ0v) is 35.2. The molecule has 0 N–H and O–H groups in total. The smallest absolute Gasteiger partial charge is 0.160 e. The Hall–Kier alpha value is -8.08. The minimum absolute atomic E-state index is 0.276. The molecule has 0 spiro atoms. The molecule has 2 aromatic heterocycles. The summed E-state index contributed by atoms with van der Waals surface area (Å²) in [4.78, 5) is 12.9. The molecular weight excluding hydrogens is 777 g/mol. The Morgan fingerprint density at radius 3 is 2.12 bits per heavy atom. The molecular formula is C60H42N4. The van der Waals surface area contributed by atoms with Crippen molar-refractivity contribution in [2.24, 2.45) is 0 Å². The molecule has 13 rings (SSSR count). The van der Waals surface area contributed by atoms with E-state index >= 15 is 0 Å². The van der Waals surface area contributed by atoms with Crippen LogP contribution in [-0.4, -0.2) is 20.6 Å². The number of aromatic nitrogens is 3. The van der Waals surface area contributed by atoms with E-state index in [2.05, 4.69) is 222 Å². The molecule has 1 unspecified atom stereocenters. The molecule has 0 radical (unpaired) electrons. The average molecular weight is 819 g/mol. The Labute approximate surface area is 372 Å². The standard InChI is InChI=1S/C60H42N4/c1-2-14-47(15-3-1)63-55-20-10-7-16-49(55)52-37-45(30-34-57(52)63)46-31-35-58-53(38-46)50-17-8-11-21-56(50)64(58)48-32-28-42(29-33-48)60-61-54-19-9-6-18-51(54)59(62-60)41-25-22-40(23-26-41)44-27-24-39-12-4-5-13-43(39)36-44/h1-3,5-11,13-33,35-38,57H,4,12,34H2. The lowest BCUT2D eigenvalue weighted by molar-refractivity contribution is 0.831. The molecule has 64 heavy (non-hydrogen) atoms. The predicted molar refractivity (Wildman–Crippen MR) is 267 cm³/mol. The van der Waals surface area contributed by atoms with Crippen molar-refractivity contribution in [2.45, 2.75) is 25.3 Å². The maximum Gasteiger partial charge on any atom is 0.160 e. The van der Waals surface area contributed by atoms with Gasteiger partial charge in [0, 0.05) is 49.9 Å². The number of aryl methyl sites for hydroxylation is 1. The lowest BCUT2D eigenvalue weighted by Crippen LogP contribution is -2.27. The fraction of sp³-hybridized carbons (Fsp3) is 0.0667. The van der Waals surface area contributed by atoms with Crippen LogP contribution in [0, 0.1) is 0 Å². The van der Waals surface area contributed by atoms with Gasteiger partial charge in [-0.3, -0.25) is 0 Å². The molecule has 4 nitrogen and oxygen atoms in total. The van der Waals surface area contributed by atoms with Crippen LogP contribution in [0.4, 0.5) is 11.4 Å². The Kier molecular flexibility index (Phi) is 8.45. The first-order valence-electron chi connectivity index (χ1n) is 22.4. The summed E-state index contributed by atoms with van der Waals surface area (Å²) in [6.45, 7) is 0. The first-order chi connectivity index (χ1) is 31.7. The van der Waals surface area contributed by atoms with Gasteiger partial charge in [0.25, 0.3) is 0 Å². The summed E-state index contributed by atoms with van der Waals surface area (Å²) in [5, 5.41) is 3.53. The molecule has 0 bridgehead atoms. The highest BCUT2D eigenvalue weighted by atomic mass is 15.2. The highest BCUT2D eigenvalue weighted by Crippen LogP contribution is 2.49. The molecule has 0 saturated carbocycles. The minimum Gasteiger partial charge on any atom is -0.333 e. The van der Waals surface area contributed by atoms with E-state index in [-0.39, 0.29) is 6.04 Å². The summed E-state index contributed by atoms with van der Waals surface area (Å²) in [6.07, 6.45) is 12.6. The monoisotopic (exact) mass is 818 g/mol. The van der Waals surface area contributed by atoms with Gasteiger partial charge in [0.15, 0.2) is 5.82 Å². The third kappa shape index (κ3) is 5.98. The minimum atomic E-state index is 0.276. The quantitative estimate of drug-likeness (QED) is 0.168. The third-order valence-corrected chi connectivity index (χ3v) is 13.6.